The van der Waals surface area contributed by atoms with Gasteiger partial charge in [0.25, 0.3) is 0 Å². The SMILES string of the molecule is CCC[C@H](Cc1cncc(-c2ccc(CC(=O)NCC)c(OC)c2)n1)c1ccccn1. The molecule has 0 aliphatic heterocycles. The van der Waals surface area contributed by atoms with Crippen LogP contribution in [0.4, 0.5) is 0 Å². The lowest BCUT2D eigenvalue weighted by Gasteiger charge is -2.15. The Bertz CT molecular complexity index is 992. The van der Waals surface area contributed by atoms with Gasteiger partial charge in [0, 0.05) is 41.7 Å². The van der Waals surface area contributed by atoms with Crippen molar-refractivity contribution in [2.75, 3.05) is 13.7 Å². The van der Waals surface area contributed by atoms with Gasteiger partial charge in [0.05, 0.1) is 31.1 Å². The number of hydrogen-bond acceptors (Lipinski definition) is 5. The van der Waals surface area contributed by atoms with Crippen molar-refractivity contribution in [3.63, 3.8) is 0 Å². The van der Waals surface area contributed by atoms with E-state index in [-0.39, 0.29) is 12.3 Å². The molecule has 1 N–H and O–H groups in total. The molecule has 1 aromatic carbocycles. The topological polar surface area (TPSA) is 77.0 Å². The predicted molar refractivity (Wildman–Crippen MR) is 122 cm³/mol. The summed E-state index contributed by atoms with van der Waals surface area (Å²) in [6.45, 7) is 4.70. The second kappa shape index (κ2) is 11.2. The highest BCUT2D eigenvalue weighted by Gasteiger charge is 2.15. The number of carbonyl (C=O) groups excluding carboxylic acids is 1. The highest BCUT2D eigenvalue weighted by Crippen LogP contribution is 2.28. The number of nitrogens with one attached hydrogen (secondary N) is 1. The fraction of sp³-hybridized carbons (Fsp3) is 0.360. The third-order valence-corrected chi connectivity index (χ3v) is 5.19. The van der Waals surface area contributed by atoms with Crippen molar-refractivity contribution in [3.8, 4) is 17.0 Å². The zero-order valence-electron chi connectivity index (χ0n) is 18.5. The summed E-state index contributed by atoms with van der Waals surface area (Å²) >= 11 is 0. The summed E-state index contributed by atoms with van der Waals surface area (Å²) in [5, 5.41) is 2.82. The molecule has 0 saturated heterocycles. The van der Waals surface area contributed by atoms with Crippen LogP contribution in [0.2, 0.25) is 0 Å². The molecule has 0 aliphatic rings. The minimum absolute atomic E-state index is 0.0215. The van der Waals surface area contributed by atoms with Crippen molar-refractivity contribution in [1.29, 1.82) is 0 Å². The van der Waals surface area contributed by atoms with Gasteiger partial charge >= 0.3 is 0 Å². The molecule has 1 amide bonds. The van der Waals surface area contributed by atoms with Crippen molar-refractivity contribution in [2.45, 2.75) is 45.4 Å². The van der Waals surface area contributed by atoms with Crippen LogP contribution in [0.5, 0.6) is 5.75 Å². The summed E-state index contributed by atoms with van der Waals surface area (Å²) in [6, 6.07) is 11.9. The van der Waals surface area contributed by atoms with Gasteiger partial charge in [0.1, 0.15) is 5.75 Å². The summed E-state index contributed by atoms with van der Waals surface area (Å²) in [5.74, 6) is 0.963. The lowest BCUT2D eigenvalue weighted by atomic mass is 9.94. The average molecular weight is 419 g/mol. The molecular formula is C25H30N4O2. The number of aromatic nitrogens is 3. The number of likely N-dealkylation sites (N-methyl/N-ethyl adjacent to an activating group) is 1. The van der Waals surface area contributed by atoms with Crippen molar-refractivity contribution < 1.29 is 9.53 Å². The maximum Gasteiger partial charge on any atom is 0.224 e. The summed E-state index contributed by atoms with van der Waals surface area (Å²) in [7, 11) is 1.62. The molecule has 2 aromatic heterocycles. The molecule has 2 heterocycles. The van der Waals surface area contributed by atoms with Gasteiger partial charge in [0.15, 0.2) is 0 Å². The Morgan fingerprint density at radius 1 is 1.16 bits per heavy atom. The Morgan fingerprint density at radius 3 is 2.74 bits per heavy atom. The van der Waals surface area contributed by atoms with E-state index >= 15 is 0 Å². The first-order valence-corrected chi connectivity index (χ1v) is 10.8. The molecule has 6 nitrogen and oxygen atoms in total. The van der Waals surface area contributed by atoms with Crippen LogP contribution in [-0.4, -0.2) is 34.5 Å². The Kier molecular flexibility index (Phi) is 8.10. The van der Waals surface area contributed by atoms with Gasteiger partial charge in [-0.15, -0.1) is 0 Å². The van der Waals surface area contributed by atoms with Crippen LogP contribution in [0.3, 0.4) is 0 Å². The lowest BCUT2D eigenvalue weighted by molar-refractivity contribution is -0.120. The molecule has 0 spiro atoms. The van der Waals surface area contributed by atoms with E-state index in [1.165, 1.54) is 0 Å². The molecule has 0 unspecified atom stereocenters. The predicted octanol–water partition coefficient (Wildman–Crippen LogP) is 4.35. The molecule has 3 rings (SSSR count). The molecule has 3 aromatic rings. The van der Waals surface area contributed by atoms with Crippen LogP contribution in [0.15, 0.2) is 55.0 Å². The number of amides is 1. The normalized spacial score (nSPS) is 11.7. The number of methoxy groups -OCH3 is 1. The van der Waals surface area contributed by atoms with E-state index in [1.54, 1.807) is 13.3 Å². The van der Waals surface area contributed by atoms with E-state index in [1.807, 2.05) is 49.6 Å². The van der Waals surface area contributed by atoms with Gasteiger partial charge in [-0.1, -0.05) is 31.5 Å². The van der Waals surface area contributed by atoms with Crippen molar-refractivity contribution in [3.05, 3.63) is 71.9 Å². The summed E-state index contributed by atoms with van der Waals surface area (Å²) in [5.41, 5.74) is 4.58. The Hall–Kier alpha value is -3.28. The first kappa shape index (κ1) is 22.4. The van der Waals surface area contributed by atoms with Gasteiger partial charge in [-0.3, -0.25) is 14.8 Å². The number of ether oxygens (including phenoxy) is 1. The van der Waals surface area contributed by atoms with Crippen molar-refractivity contribution in [1.82, 2.24) is 20.3 Å². The minimum Gasteiger partial charge on any atom is -0.496 e. The summed E-state index contributed by atoms with van der Waals surface area (Å²) < 4.78 is 5.53. The average Bonchev–Trinajstić information content (AvgIpc) is 2.80. The molecule has 162 valence electrons. The quantitative estimate of drug-likeness (QED) is 0.530. The highest BCUT2D eigenvalue weighted by atomic mass is 16.5. The number of benzene rings is 1. The minimum atomic E-state index is -0.0215. The zero-order valence-corrected chi connectivity index (χ0v) is 18.5. The maximum atomic E-state index is 12.0. The van der Waals surface area contributed by atoms with E-state index < -0.39 is 0 Å². The van der Waals surface area contributed by atoms with E-state index in [0.717, 1.165) is 47.5 Å². The van der Waals surface area contributed by atoms with Crippen LogP contribution in [-0.2, 0) is 17.6 Å². The standard InChI is InChI=1S/C25H30N4O2/c1-4-8-18(22-9-6-7-12-28-22)13-21-16-26-17-23(29-21)19-10-11-20(24(14-19)31-3)15-25(30)27-5-2/h6-7,9-12,14,16-18H,4-5,8,13,15H2,1-3H3,(H,27,30)/t18-/m1/s1. The van der Waals surface area contributed by atoms with Crippen LogP contribution >= 0.6 is 0 Å². The Morgan fingerprint density at radius 2 is 2.03 bits per heavy atom. The summed E-state index contributed by atoms with van der Waals surface area (Å²) in [6.07, 6.45) is 8.63. The van der Waals surface area contributed by atoms with Crippen LogP contribution < -0.4 is 10.1 Å². The second-order valence-corrected chi connectivity index (χ2v) is 7.50. The third kappa shape index (κ3) is 6.10. The van der Waals surface area contributed by atoms with Crippen LogP contribution in [0, 0.1) is 0 Å². The second-order valence-electron chi connectivity index (χ2n) is 7.50. The molecule has 0 fully saturated rings. The first-order chi connectivity index (χ1) is 15.1. The molecule has 0 aliphatic carbocycles. The van der Waals surface area contributed by atoms with Crippen LogP contribution in [0.1, 0.15) is 49.6 Å². The van der Waals surface area contributed by atoms with Gasteiger partial charge < -0.3 is 10.1 Å². The fourth-order valence-electron chi connectivity index (χ4n) is 3.70. The number of pyridine rings is 1. The van der Waals surface area contributed by atoms with Crippen molar-refractivity contribution in [2.24, 2.45) is 0 Å². The number of rotatable bonds is 10. The molecule has 0 radical (unpaired) electrons. The van der Waals surface area contributed by atoms with Gasteiger partial charge in [-0.05, 0) is 38.0 Å². The molecule has 0 bridgehead atoms. The number of nitrogens with zero attached hydrogens (tertiary/aromatic N) is 3. The first-order valence-electron chi connectivity index (χ1n) is 10.8. The van der Waals surface area contributed by atoms with Gasteiger partial charge in [0.2, 0.25) is 5.91 Å². The molecule has 6 heteroatoms. The third-order valence-electron chi connectivity index (χ3n) is 5.19. The van der Waals surface area contributed by atoms with Crippen molar-refractivity contribution >= 4 is 5.91 Å². The molecule has 1 atom stereocenters. The number of carbonyl (C=O) groups is 1. The molecule has 0 saturated carbocycles. The molecular weight excluding hydrogens is 388 g/mol. The Labute approximate surface area is 184 Å². The van der Waals surface area contributed by atoms with E-state index in [9.17, 15) is 4.79 Å². The van der Waals surface area contributed by atoms with Crippen LogP contribution in [0.25, 0.3) is 11.3 Å². The van der Waals surface area contributed by atoms with E-state index in [0.29, 0.717) is 18.2 Å². The fourth-order valence-corrected chi connectivity index (χ4v) is 3.70. The maximum absolute atomic E-state index is 12.0. The smallest absolute Gasteiger partial charge is 0.224 e. The van der Waals surface area contributed by atoms with Gasteiger partial charge in [-0.2, -0.15) is 0 Å². The monoisotopic (exact) mass is 418 g/mol. The molecule has 31 heavy (non-hydrogen) atoms. The largest absolute Gasteiger partial charge is 0.496 e. The zero-order chi connectivity index (χ0) is 22.1. The summed E-state index contributed by atoms with van der Waals surface area (Å²) in [4.78, 5) is 25.8. The van der Waals surface area contributed by atoms with E-state index in [4.69, 9.17) is 9.72 Å². The van der Waals surface area contributed by atoms with Gasteiger partial charge in [-0.25, -0.2) is 4.98 Å². The lowest BCUT2D eigenvalue weighted by Crippen LogP contribution is -2.24. The van der Waals surface area contributed by atoms with E-state index in [2.05, 4.69) is 28.3 Å². The highest BCUT2D eigenvalue weighted by molar-refractivity contribution is 5.79. The Balaban J connectivity index is 1.82. The number of hydrogen-bond donors (Lipinski definition) is 1.